The summed E-state index contributed by atoms with van der Waals surface area (Å²) in [6.45, 7) is 11.9. The zero-order valence-corrected chi connectivity index (χ0v) is 22.0. The van der Waals surface area contributed by atoms with Gasteiger partial charge in [0.25, 0.3) is 0 Å². The van der Waals surface area contributed by atoms with E-state index in [0.29, 0.717) is 17.2 Å². The Labute approximate surface area is 215 Å². The van der Waals surface area contributed by atoms with Crippen LogP contribution in [0.4, 0.5) is 5.69 Å². The minimum atomic E-state index is -0.222. The molecule has 1 aliphatic carbocycles. The second-order valence-electron chi connectivity index (χ2n) is 10.1. The summed E-state index contributed by atoms with van der Waals surface area (Å²) in [6.07, 6.45) is 20.1. The van der Waals surface area contributed by atoms with Crippen LogP contribution in [0, 0.1) is 22.7 Å². The van der Waals surface area contributed by atoms with Crippen molar-refractivity contribution in [1.82, 2.24) is 9.55 Å². The van der Waals surface area contributed by atoms with Gasteiger partial charge >= 0.3 is 0 Å². The average Bonchev–Trinajstić information content (AvgIpc) is 3.34. The van der Waals surface area contributed by atoms with Crippen LogP contribution < -0.4 is 5.32 Å². The molecule has 1 aromatic carbocycles. The van der Waals surface area contributed by atoms with Gasteiger partial charge < -0.3 is 9.88 Å². The largest absolute Gasteiger partial charge is 0.337 e. The Hall–Kier alpha value is -3.91. The molecule has 1 aromatic heterocycles. The molecule has 2 aromatic rings. The lowest BCUT2D eigenvalue weighted by Crippen LogP contribution is -2.26. The summed E-state index contributed by atoms with van der Waals surface area (Å²) in [5, 5.41) is 11.8. The molecule has 5 heteroatoms. The fourth-order valence-electron chi connectivity index (χ4n) is 4.60. The third-order valence-electron chi connectivity index (χ3n) is 6.72. The lowest BCUT2D eigenvalue weighted by Gasteiger charge is -2.37. The van der Waals surface area contributed by atoms with Gasteiger partial charge in [-0.15, -0.1) is 0 Å². The summed E-state index contributed by atoms with van der Waals surface area (Å²) >= 11 is 0. The van der Waals surface area contributed by atoms with Crippen molar-refractivity contribution in [2.75, 3.05) is 5.32 Å². The highest BCUT2D eigenvalue weighted by atomic mass is 16.1. The van der Waals surface area contributed by atoms with Crippen LogP contribution in [0.15, 0.2) is 102 Å². The van der Waals surface area contributed by atoms with Gasteiger partial charge in [-0.2, -0.15) is 5.26 Å². The second-order valence-corrected chi connectivity index (χ2v) is 10.1. The van der Waals surface area contributed by atoms with Gasteiger partial charge in [-0.25, -0.2) is 4.98 Å². The molecule has 0 saturated carbocycles. The summed E-state index contributed by atoms with van der Waals surface area (Å²) in [5.41, 5.74) is 6.14. The van der Waals surface area contributed by atoms with E-state index in [1.165, 1.54) is 24.0 Å². The first kappa shape index (κ1) is 26.7. The van der Waals surface area contributed by atoms with Crippen molar-refractivity contribution in [2.24, 2.45) is 11.3 Å². The van der Waals surface area contributed by atoms with E-state index >= 15 is 0 Å². The Kier molecular flexibility index (Phi) is 9.02. The number of nitrogens with one attached hydrogen (secondary N) is 1. The highest BCUT2D eigenvalue weighted by Crippen LogP contribution is 2.44. The number of hydrogen-bond donors (Lipinski definition) is 1. The van der Waals surface area contributed by atoms with E-state index in [2.05, 4.69) is 66.9 Å². The minimum absolute atomic E-state index is 0.154. The van der Waals surface area contributed by atoms with Crippen LogP contribution in [0.25, 0.3) is 0 Å². The lowest BCUT2D eigenvalue weighted by molar-refractivity contribution is -0.111. The summed E-state index contributed by atoms with van der Waals surface area (Å²) in [5.74, 6) is 0.303. The molecule has 0 spiro atoms. The molecule has 1 amide bonds. The topological polar surface area (TPSA) is 70.7 Å². The first-order chi connectivity index (χ1) is 17.2. The van der Waals surface area contributed by atoms with E-state index in [4.69, 9.17) is 5.26 Å². The number of amides is 1. The Bertz CT molecular complexity index is 1260. The molecule has 186 valence electrons. The van der Waals surface area contributed by atoms with Crippen LogP contribution in [-0.2, 0) is 11.3 Å². The number of nitrogens with zero attached hydrogens (tertiary/aromatic N) is 3. The van der Waals surface area contributed by atoms with Crippen molar-refractivity contribution in [1.29, 1.82) is 5.26 Å². The van der Waals surface area contributed by atoms with Crippen molar-refractivity contribution >= 4 is 11.6 Å². The van der Waals surface area contributed by atoms with E-state index in [-0.39, 0.29) is 11.3 Å². The Morgan fingerprint density at radius 1 is 1.28 bits per heavy atom. The molecule has 5 nitrogen and oxygen atoms in total. The van der Waals surface area contributed by atoms with E-state index in [1.54, 1.807) is 30.3 Å². The van der Waals surface area contributed by atoms with E-state index in [0.717, 1.165) is 17.7 Å². The molecule has 0 aliphatic heterocycles. The number of aromatic nitrogens is 2. The SMILES string of the molecule is CC1=C(/C=C/C(C)=C/C=C/C(C)=C/C(=O)Nc2cccc(C#N)c2)C(C)(C)CCC1Cn1ccnc1. The van der Waals surface area contributed by atoms with Gasteiger partial charge in [-0.1, -0.05) is 61.4 Å². The number of carbonyl (C=O) groups is 1. The second kappa shape index (κ2) is 12.2. The number of hydrogen-bond acceptors (Lipinski definition) is 3. The third kappa shape index (κ3) is 7.55. The monoisotopic (exact) mass is 480 g/mol. The number of imidazole rings is 1. The third-order valence-corrected chi connectivity index (χ3v) is 6.72. The highest BCUT2D eigenvalue weighted by molar-refractivity contribution is 6.00. The maximum Gasteiger partial charge on any atom is 0.248 e. The van der Waals surface area contributed by atoms with Crippen molar-refractivity contribution in [2.45, 2.75) is 54.0 Å². The van der Waals surface area contributed by atoms with E-state index in [1.807, 2.05) is 37.8 Å². The van der Waals surface area contributed by atoms with Gasteiger partial charge in [0.1, 0.15) is 0 Å². The predicted octanol–water partition coefficient (Wildman–Crippen LogP) is 7.15. The van der Waals surface area contributed by atoms with Gasteiger partial charge in [-0.05, 0) is 74.3 Å². The van der Waals surface area contributed by atoms with Gasteiger partial charge in [0.2, 0.25) is 5.91 Å². The lowest BCUT2D eigenvalue weighted by atomic mass is 9.68. The van der Waals surface area contributed by atoms with Crippen LogP contribution in [-0.4, -0.2) is 15.5 Å². The minimum Gasteiger partial charge on any atom is -0.337 e. The highest BCUT2D eigenvalue weighted by Gasteiger charge is 2.31. The molecule has 1 aliphatic rings. The smallest absolute Gasteiger partial charge is 0.248 e. The first-order valence-electron chi connectivity index (χ1n) is 12.4. The number of allylic oxidation sites excluding steroid dienone is 9. The van der Waals surface area contributed by atoms with Crippen LogP contribution in [0.5, 0.6) is 0 Å². The quantitative estimate of drug-likeness (QED) is 0.322. The molecule has 36 heavy (non-hydrogen) atoms. The maximum atomic E-state index is 12.3. The molecule has 0 fully saturated rings. The Morgan fingerprint density at radius 2 is 2.08 bits per heavy atom. The number of rotatable bonds is 8. The maximum absolute atomic E-state index is 12.3. The molecule has 3 rings (SSSR count). The van der Waals surface area contributed by atoms with Gasteiger partial charge in [-0.3, -0.25) is 4.79 Å². The molecule has 1 atom stereocenters. The Balaban J connectivity index is 1.64. The predicted molar refractivity (Wildman–Crippen MR) is 147 cm³/mol. The first-order valence-corrected chi connectivity index (χ1v) is 12.4. The molecule has 1 heterocycles. The molecule has 0 bridgehead atoms. The molecule has 0 saturated heterocycles. The Morgan fingerprint density at radius 3 is 2.81 bits per heavy atom. The van der Waals surface area contributed by atoms with Crippen molar-refractivity contribution < 1.29 is 4.79 Å². The van der Waals surface area contributed by atoms with E-state index < -0.39 is 0 Å². The zero-order chi connectivity index (χ0) is 26.1. The van der Waals surface area contributed by atoms with Crippen LogP contribution in [0.1, 0.15) is 53.0 Å². The van der Waals surface area contributed by atoms with Crippen molar-refractivity contribution in [3.8, 4) is 6.07 Å². The number of anilines is 1. The fourth-order valence-corrected chi connectivity index (χ4v) is 4.60. The molecular weight excluding hydrogens is 444 g/mol. The summed E-state index contributed by atoms with van der Waals surface area (Å²) in [7, 11) is 0. The van der Waals surface area contributed by atoms with Gasteiger partial charge in [0.05, 0.1) is 18.0 Å². The number of benzene rings is 1. The average molecular weight is 481 g/mol. The summed E-state index contributed by atoms with van der Waals surface area (Å²) < 4.78 is 2.17. The van der Waals surface area contributed by atoms with Crippen LogP contribution in [0.2, 0.25) is 0 Å². The molecule has 0 radical (unpaired) electrons. The molecule has 1 unspecified atom stereocenters. The van der Waals surface area contributed by atoms with Gasteiger partial charge in [0, 0.05) is 30.7 Å². The normalized spacial score (nSPS) is 18.6. The van der Waals surface area contributed by atoms with Crippen molar-refractivity contribution in [3.05, 3.63) is 107 Å². The standard InChI is InChI=1S/C31H36N4O/c1-23(8-6-9-24(2)18-30(36)34-28-11-7-10-26(19-28)20-32)12-13-29-25(3)27(14-15-31(29,4)5)21-35-17-16-33-22-35/h6-13,16-19,22,27H,14-15,21H2,1-5H3,(H,34,36)/b9-6+,13-12+,23-8+,24-18+. The molecular formula is C31H36N4O. The zero-order valence-electron chi connectivity index (χ0n) is 22.0. The van der Waals surface area contributed by atoms with E-state index in [9.17, 15) is 4.79 Å². The fraction of sp³-hybridized carbons (Fsp3) is 0.323. The number of nitriles is 1. The number of carbonyl (C=O) groups excluding carboxylic acids is 1. The van der Waals surface area contributed by atoms with Gasteiger partial charge in [0.15, 0.2) is 0 Å². The summed E-state index contributed by atoms with van der Waals surface area (Å²) in [4.78, 5) is 16.5. The summed E-state index contributed by atoms with van der Waals surface area (Å²) in [6, 6.07) is 8.94. The van der Waals surface area contributed by atoms with Crippen LogP contribution in [0.3, 0.4) is 0 Å². The van der Waals surface area contributed by atoms with Crippen molar-refractivity contribution in [3.63, 3.8) is 0 Å². The van der Waals surface area contributed by atoms with Crippen LogP contribution >= 0.6 is 0 Å². The molecule has 1 N–H and O–H groups in total.